The Kier molecular flexibility index (Phi) is 4.46. The van der Waals surface area contributed by atoms with Crippen LogP contribution in [-0.2, 0) is 4.79 Å². The topological polar surface area (TPSA) is 46.3 Å². The Labute approximate surface area is 96.8 Å². The quantitative estimate of drug-likeness (QED) is 0.778. The van der Waals surface area contributed by atoms with Gasteiger partial charge in [-0.1, -0.05) is 20.8 Å². The van der Waals surface area contributed by atoms with Crippen molar-refractivity contribution in [1.82, 2.24) is 4.90 Å². The van der Waals surface area contributed by atoms with Crippen LogP contribution >= 0.6 is 11.8 Å². The summed E-state index contributed by atoms with van der Waals surface area (Å²) < 4.78 is 0. The van der Waals surface area contributed by atoms with Crippen LogP contribution in [0.1, 0.15) is 27.7 Å². The lowest BCUT2D eigenvalue weighted by atomic mass is 10.0. The Bertz CT molecular complexity index is 233. The van der Waals surface area contributed by atoms with Gasteiger partial charge in [-0.2, -0.15) is 11.8 Å². The van der Waals surface area contributed by atoms with E-state index in [4.69, 9.17) is 5.73 Å². The van der Waals surface area contributed by atoms with Crippen molar-refractivity contribution in [2.45, 2.75) is 45.0 Å². The average molecular weight is 230 g/mol. The molecule has 1 fully saturated rings. The molecular formula is C11H22N2OS. The molecule has 88 valence electrons. The van der Waals surface area contributed by atoms with Gasteiger partial charge in [-0.15, -0.1) is 0 Å². The van der Waals surface area contributed by atoms with Crippen molar-refractivity contribution in [3.63, 3.8) is 0 Å². The molecule has 0 radical (unpaired) electrons. The third-order valence-corrected chi connectivity index (χ3v) is 4.51. The lowest BCUT2D eigenvalue weighted by molar-refractivity contribution is -0.135. The molecule has 15 heavy (non-hydrogen) atoms. The predicted molar refractivity (Wildman–Crippen MR) is 65.9 cm³/mol. The van der Waals surface area contributed by atoms with Gasteiger partial charge in [-0.3, -0.25) is 4.79 Å². The Morgan fingerprint density at radius 2 is 2.07 bits per heavy atom. The van der Waals surface area contributed by atoms with Crippen molar-refractivity contribution < 1.29 is 4.79 Å². The smallest absolute Gasteiger partial charge is 0.240 e. The van der Waals surface area contributed by atoms with Gasteiger partial charge in [-0.05, 0) is 12.8 Å². The molecule has 0 aliphatic carbocycles. The highest BCUT2D eigenvalue weighted by atomic mass is 32.2. The fourth-order valence-corrected chi connectivity index (χ4v) is 2.82. The second-order valence-corrected chi connectivity index (χ2v) is 6.10. The maximum atomic E-state index is 12.1. The van der Waals surface area contributed by atoms with Crippen molar-refractivity contribution >= 4 is 17.7 Å². The number of hydrogen-bond acceptors (Lipinski definition) is 3. The second-order valence-electron chi connectivity index (χ2n) is 4.62. The van der Waals surface area contributed by atoms with Gasteiger partial charge < -0.3 is 10.6 Å². The fraction of sp³-hybridized carbons (Fsp3) is 0.909. The van der Waals surface area contributed by atoms with E-state index >= 15 is 0 Å². The van der Waals surface area contributed by atoms with E-state index in [9.17, 15) is 4.79 Å². The molecule has 0 bridgehead atoms. The highest BCUT2D eigenvalue weighted by molar-refractivity contribution is 8.00. The molecule has 0 aromatic heterocycles. The Hall–Kier alpha value is -0.220. The standard InChI is InChI=1S/C11H22N2OS/c1-7(2)10(12)11(14)13-5-6-15-9(4)8(13)3/h7-10H,5-6,12H2,1-4H3/t8?,9?,10-/m0/s1. The van der Waals surface area contributed by atoms with E-state index in [1.807, 2.05) is 30.5 Å². The molecule has 1 heterocycles. The van der Waals surface area contributed by atoms with Crippen LogP contribution in [0.4, 0.5) is 0 Å². The fourth-order valence-electron chi connectivity index (χ4n) is 1.72. The number of nitrogens with zero attached hydrogens (tertiary/aromatic N) is 1. The van der Waals surface area contributed by atoms with Crippen LogP contribution in [0.5, 0.6) is 0 Å². The van der Waals surface area contributed by atoms with Gasteiger partial charge in [0.25, 0.3) is 0 Å². The molecule has 0 saturated carbocycles. The van der Waals surface area contributed by atoms with Crippen LogP contribution in [0, 0.1) is 5.92 Å². The van der Waals surface area contributed by atoms with Crippen LogP contribution in [0.2, 0.25) is 0 Å². The molecule has 3 nitrogen and oxygen atoms in total. The third-order valence-electron chi connectivity index (χ3n) is 3.17. The molecule has 4 heteroatoms. The zero-order valence-corrected chi connectivity index (χ0v) is 10.9. The number of carbonyl (C=O) groups excluding carboxylic acids is 1. The van der Waals surface area contributed by atoms with Crippen molar-refractivity contribution in [3.05, 3.63) is 0 Å². The first-order chi connectivity index (χ1) is 6.95. The van der Waals surface area contributed by atoms with Crippen molar-refractivity contribution in [3.8, 4) is 0 Å². The Morgan fingerprint density at radius 1 is 1.47 bits per heavy atom. The van der Waals surface area contributed by atoms with E-state index in [0.717, 1.165) is 12.3 Å². The van der Waals surface area contributed by atoms with Crippen LogP contribution in [-0.4, -0.2) is 40.4 Å². The second kappa shape index (κ2) is 5.21. The van der Waals surface area contributed by atoms with E-state index in [0.29, 0.717) is 11.3 Å². The summed E-state index contributed by atoms with van der Waals surface area (Å²) in [6, 6.07) is -0.0381. The number of thioether (sulfide) groups is 1. The molecule has 1 aliphatic rings. The van der Waals surface area contributed by atoms with E-state index in [1.54, 1.807) is 0 Å². The highest BCUT2D eigenvalue weighted by Crippen LogP contribution is 2.25. The summed E-state index contributed by atoms with van der Waals surface area (Å²) in [6.45, 7) is 9.12. The summed E-state index contributed by atoms with van der Waals surface area (Å²) in [4.78, 5) is 14.0. The summed E-state index contributed by atoms with van der Waals surface area (Å²) in [7, 11) is 0. The molecule has 2 N–H and O–H groups in total. The maximum Gasteiger partial charge on any atom is 0.240 e. The first kappa shape index (κ1) is 12.8. The molecule has 3 atom stereocenters. The lowest BCUT2D eigenvalue weighted by Gasteiger charge is -2.39. The number of hydrogen-bond donors (Lipinski definition) is 1. The zero-order chi connectivity index (χ0) is 11.6. The van der Waals surface area contributed by atoms with Gasteiger partial charge in [0.05, 0.1) is 6.04 Å². The molecule has 1 saturated heterocycles. The van der Waals surface area contributed by atoms with E-state index < -0.39 is 0 Å². The molecule has 2 unspecified atom stereocenters. The average Bonchev–Trinajstić information content (AvgIpc) is 2.20. The van der Waals surface area contributed by atoms with Gasteiger partial charge in [0.1, 0.15) is 0 Å². The number of nitrogens with two attached hydrogens (primary N) is 1. The van der Waals surface area contributed by atoms with E-state index in [1.165, 1.54) is 0 Å². The van der Waals surface area contributed by atoms with Crippen LogP contribution < -0.4 is 5.73 Å². The van der Waals surface area contributed by atoms with Crippen molar-refractivity contribution in [2.75, 3.05) is 12.3 Å². The first-order valence-corrected chi connectivity index (χ1v) is 6.67. The van der Waals surface area contributed by atoms with Crippen LogP contribution in [0.25, 0.3) is 0 Å². The number of rotatable bonds is 2. The first-order valence-electron chi connectivity index (χ1n) is 5.62. The highest BCUT2D eigenvalue weighted by Gasteiger charge is 2.32. The van der Waals surface area contributed by atoms with Crippen molar-refractivity contribution in [1.29, 1.82) is 0 Å². The summed E-state index contributed by atoms with van der Waals surface area (Å²) >= 11 is 1.93. The van der Waals surface area contributed by atoms with Gasteiger partial charge in [0.2, 0.25) is 5.91 Å². The summed E-state index contributed by atoms with van der Waals surface area (Å²) in [5.74, 6) is 1.36. The van der Waals surface area contributed by atoms with Crippen LogP contribution in [0.3, 0.4) is 0 Å². The van der Waals surface area contributed by atoms with Gasteiger partial charge in [-0.25, -0.2) is 0 Å². The van der Waals surface area contributed by atoms with Gasteiger partial charge in [0.15, 0.2) is 0 Å². The largest absolute Gasteiger partial charge is 0.337 e. The normalized spacial score (nSPS) is 29.3. The van der Waals surface area contributed by atoms with Crippen molar-refractivity contribution in [2.24, 2.45) is 11.7 Å². The van der Waals surface area contributed by atoms with Gasteiger partial charge in [0, 0.05) is 23.6 Å². The van der Waals surface area contributed by atoms with Crippen LogP contribution in [0.15, 0.2) is 0 Å². The summed E-state index contributed by atoms with van der Waals surface area (Å²) in [5.41, 5.74) is 5.90. The van der Waals surface area contributed by atoms with E-state index in [-0.39, 0.29) is 17.9 Å². The van der Waals surface area contributed by atoms with E-state index in [2.05, 4.69) is 13.8 Å². The summed E-state index contributed by atoms with van der Waals surface area (Å²) in [6.07, 6.45) is 0. The molecule has 1 aliphatic heterocycles. The molecule has 0 aromatic rings. The van der Waals surface area contributed by atoms with Gasteiger partial charge >= 0.3 is 0 Å². The zero-order valence-electron chi connectivity index (χ0n) is 10.1. The molecule has 0 spiro atoms. The summed E-state index contributed by atoms with van der Waals surface area (Å²) in [5, 5.41) is 0.516. The monoisotopic (exact) mass is 230 g/mol. The Morgan fingerprint density at radius 3 is 2.60 bits per heavy atom. The predicted octanol–water partition coefficient (Wildman–Crippen LogP) is 1.32. The SMILES string of the molecule is CC1SCCN(C(=O)[C@@H](N)C(C)C)C1C. The maximum absolute atomic E-state index is 12.1. The minimum Gasteiger partial charge on any atom is -0.337 e. The minimum absolute atomic E-state index is 0.115. The molecular weight excluding hydrogens is 208 g/mol. The molecule has 1 rings (SSSR count). The number of carbonyl (C=O) groups is 1. The molecule has 1 amide bonds. The molecule has 0 aromatic carbocycles. The minimum atomic E-state index is -0.345. The number of amides is 1. The lowest BCUT2D eigenvalue weighted by Crippen LogP contribution is -2.54. The Balaban J connectivity index is 2.66. The third kappa shape index (κ3) is 2.88.